The van der Waals surface area contributed by atoms with Gasteiger partial charge in [-0.1, -0.05) is 69.4 Å². The number of anilines is 1. The second kappa shape index (κ2) is 14.8. The lowest BCUT2D eigenvalue weighted by molar-refractivity contribution is 0.0647. The number of hydrogen-bond acceptors (Lipinski definition) is 4. The summed E-state index contributed by atoms with van der Waals surface area (Å²) in [5.74, 6) is -0.257. The Hall–Kier alpha value is -4.26. The van der Waals surface area contributed by atoms with E-state index in [0.717, 1.165) is 17.3 Å². The third kappa shape index (κ3) is 8.63. The number of carbonyl (C=O) groups is 2. The Labute approximate surface area is 235 Å². The maximum atomic E-state index is 12.7. The SMILES string of the molecule is CCCCCCCCc1ccc(OCC(Cn2ccc3cc(C(=O)O)ccc32)OC(=O)Nc2ccccc2)cc1. The number of benzene rings is 3. The molecule has 1 unspecified atom stereocenters. The van der Waals surface area contributed by atoms with Crippen LogP contribution in [-0.4, -0.2) is 34.4 Å². The van der Waals surface area contributed by atoms with Crippen LogP contribution in [0.1, 0.15) is 61.4 Å². The summed E-state index contributed by atoms with van der Waals surface area (Å²) in [4.78, 5) is 24.1. The molecule has 1 aromatic heterocycles. The number of ether oxygens (including phenoxy) is 2. The first-order chi connectivity index (χ1) is 19.5. The Morgan fingerprint density at radius 2 is 1.65 bits per heavy atom. The minimum Gasteiger partial charge on any atom is -0.490 e. The van der Waals surface area contributed by atoms with Crippen LogP contribution in [0.4, 0.5) is 10.5 Å². The summed E-state index contributed by atoms with van der Waals surface area (Å²) in [5, 5.41) is 12.9. The zero-order valence-corrected chi connectivity index (χ0v) is 23.1. The number of fused-ring (bicyclic) bond motifs is 1. The normalized spacial score (nSPS) is 11.7. The molecule has 0 aliphatic carbocycles. The molecule has 0 aliphatic heterocycles. The molecule has 4 rings (SSSR count). The molecule has 210 valence electrons. The highest BCUT2D eigenvalue weighted by molar-refractivity contribution is 5.93. The van der Waals surface area contributed by atoms with Gasteiger partial charge in [0, 0.05) is 22.8 Å². The molecule has 7 nitrogen and oxygen atoms in total. The zero-order valence-electron chi connectivity index (χ0n) is 23.1. The third-order valence-corrected chi connectivity index (χ3v) is 6.89. The van der Waals surface area contributed by atoms with E-state index < -0.39 is 18.2 Å². The Morgan fingerprint density at radius 3 is 2.40 bits per heavy atom. The molecule has 0 saturated carbocycles. The maximum absolute atomic E-state index is 12.7. The topological polar surface area (TPSA) is 89.8 Å². The van der Waals surface area contributed by atoms with Crippen molar-refractivity contribution in [3.8, 4) is 5.75 Å². The van der Waals surface area contributed by atoms with E-state index in [1.807, 2.05) is 47.2 Å². The van der Waals surface area contributed by atoms with Crippen LogP contribution in [0.15, 0.2) is 85.1 Å². The largest absolute Gasteiger partial charge is 0.490 e. The average Bonchev–Trinajstić information content (AvgIpc) is 3.36. The second-order valence-corrected chi connectivity index (χ2v) is 10.0. The monoisotopic (exact) mass is 542 g/mol. The van der Waals surface area contributed by atoms with Crippen LogP contribution in [0.5, 0.6) is 5.75 Å². The fourth-order valence-electron chi connectivity index (χ4n) is 4.71. The summed E-state index contributed by atoms with van der Waals surface area (Å²) < 4.78 is 13.8. The van der Waals surface area contributed by atoms with Crippen molar-refractivity contribution in [3.05, 3.63) is 96.2 Å². The first kappa shape index (κ1) is 28.7. The van der Waals surface area contributed by atoms with Crippen molar-refractivity contribution >= 4 is 28.7 Å². The number of hydrogen-bond donors (Lipinski definition) is 2. The molecule has 4 aromatic rings. The van der Waals surface area contributed by atoms with Gasteiger partial charge in [-0.2, -0.15) is 0 Å². The number of aryl methyl sites for hydroxylation is 1. The molecule has 0 aliphatic rings. The number of rotatable bonds is 15. The summed E-state index contributed by atoms with van der Waals surface area (Å²) in [6, 6.07) is 24.1. The van der Waals surface area contributed by atoms with Crippen molar-refractivity contribution in [2.24, 2.45) is 0 Å². The van der Waals surface area contributed by atoms with Crippen molar-refractivity contribution in [2.75, 3.05) is 11.9 Å². The number of carboxylic acids is 1. The molecule has 2 N–H and O–H groups in total. The molecule has 40 heavy (non-hydrogen) atoms. The number of amides is 1. The number of aromatic carboxylic acids is 1. The highest BCUT2D eigenvalue weighted by Gasteiger charge is 2.18. The highest BCUT2D eigenvalue weighted by Crippen LogP contribution is 2.20. The first-order valence-electron chi connectivity index (χ1n) is 14.1. The van der Waals surface area contributed by atoms with Gasteiger partial charge in [-0.15, -0.1) is 0 Å². The predicted molar refractivity (Wildman–Crippen MR) is 158 cm³/mol. The molecule has 0 spiro atoms. The molecule has 0 bridgehead atoms. The number of carbonyl (C=O) groups excluding carboxylic acids is 1. The predicted octanol–water partition coefficient (Wildman–Crippen LogP) is 7.94. The van der Waals surface area contributed by atoms with Gasteiger partial charge in [0.15, 0.2) is 6.10 Å². The second-order valence-electron chi connectivity index (χ2n) is 10.0. The smallest absolute Gasteiger partial charge is 0.412 e. The molecule has 1 heterocycles. The van der Waals surface area contributed by atoms with Crippen LogP contribution in [0.25, 0.3) is 10.9 Å². The standard InChI is InChI=1S/C33H38N2O5/c1-2-3-4-5-6-8-11-25-14-17-29(18-15-25)39-24-30(40-33(38)34-28-12-9-7-10-13-28)23-35-21-20-26-22-27(32(36)37)16-19-31(26)35/h7,9-10,12-22,30H,2-6,8,11,23-24H2,1H3,(H,34,38)(H,36,37). The van der Waals surface area contributed by atoms with Gasteiger partial charge in [-0.25, -0.2) is 9.59 Å². The van der Waals surface area contributed by atoms with Crippen molar-refractivity contribution in [1.29, 1.82) is 0 Å². The van der Waals surface area contributed by atoms with Gasteiger partial charge in [0.2, 0.25) is 0 Å². The fourth-order valence-corrected chi connectivity index (χ4v) is 4.71. The molecule has 1 atom stereocenters. The van der Waals surface area contributed by atoms with Crippen molar-refractivity contribution < 1.29 is 24.2 Å². The van der Waals surface area contributed by atoms with Crippen molar-refractivity contribution in [1.82, 2.24) is 4.57 Å². The van der Waals surface area contributed by atoms with Gasteiger partial charge in [-0.3, -0.25) is 5.32 Å². The van der Waals surface area contributed by atoms with Crippen LogP contribution in [-0.2, 0) is 17.7 Å². The lowest BCUT2D eigenvalue weighted by Gasteiger charge is -2.20. The lowest BCUT2D eigenvalue weighted by Crippen LogP contribution is -2.31. The molecule has 0 saturated heterocycles. The van der Waals surface area contributed by atoms with Crippen LogP contribution >= 0.6 is 0 Å². The number of unbranched alkanes of at least 4 members (excludes halogenated alkanes) is 5. The number of aromatic nitrogens is 1. The molecule has 3 aromatic carbocycles. The van der Waals surface area contributed by atoms with Crippen molar-refractivity contribution in [2.45, 2.75) is 64.5 Å². The minimum absolute atomic E-state index is 0.159. The number of para-hydroxylation sites is 1. The Morgan fingerprint density at radius 1 is 0.900 bits per heavy atom. The molecule has 7 heteroatoms. The fraction of sp³-hybridized carbons (Fsp3) is 0.333. The summed E-state index contributed by atoms with van der Waals surface area (Å²) in [6.45, 7) is 2.73. The molecule has 0 fully saturated rings. The molecular weight excluding hydrogens is 504 g/mol. The van der Waals surface area contributed by atoms with Gasteiger partial charge < -0.3 is 19.1 Å². The van der Waals surface area contributed by atoms with Crippen LogP contribution in [0.3, 0.4) is 0 Å². The minimum atomic E-state index is -0.972. The van der Waals surface area contributed by atoms with E-state index in [-0.39, 0.29) is 12.2 Å². The van der Waals surface area contributed by atoms with E-state index in [2.05, 4.69) is 24.4 Å². The lowest BCUT2D eigenvalue weighted by atomic mass is 10.0. The van der Waals surface area contributed by atoms with E-state index in [1.165, 1.54) is 44.1 Å². The number of carboxylic acid groups (broad SMARTS) is 1. The van der Waals surface area contributed by atoms with Crippen LogP contribution < -0.4 is 10.1 Å². The van der Waals surface area contributed by atoms with Gasteiger partial charge in [0.05, 0.1) is 12.1 Å². The Bertz CT molecular complexity index is 1360. The highest BCUT2D eigenvalue weighted by atomic mass is 16.6. The van der Waals surface area contributed by atoms with Crippen LogP contribution in [0, 0.1) is 0 Å². The summed E-state index contributed by atoms with van der Waals surface area (Å²) in [7, 11) is 0. The number of nitrogens with one attached hydrogen (secondary N) is 1. The quantitative estimate of drug-likeness (QED) is 0.149. The summed E-state index contributed by atoms with van der Waals surface area (Å²) in [5.41, 5.74) is 3.00. The van der Waals surface area contributed by atoms with Crippen LogP contribution in [0.2, 0.25) is 0 Å². The summed E-state index contributed by atoms with van der Waals surface area (Å²) >= 11 is 0. The van der Waals surface area contributed by atoms with Gasteiger partial charge >= 0.3 is 12.1 Å². The van der Waals surface area contributed by atoms with E-state index >= 15 is 0 Å². The van der Waals surface area contributed by atoms with Crippen molar-refractivity contribution in [3.63, 3.8) is 0 Å². The molecule has 1 amide bonds. The molecular formula is C33H38N2O5. The van der Waals surface area contributed by atoms with Gasteiger partial charge in [-0.05, 0) is 66.9 Å². The van der Waals surface area contributed by atoms with E-state index in [9.17, 15) is 14.7 Å². The Balaban J connectivity index is 1.38. The van der Waals surface area contributed by atoms with E-state index in [0.29, 0.717) is 18.0 Å². The molecule has 0 radical (unpaired) electrons. The maximum Gasteiger partial charge on any atom is 0.412 e. The van der Waals surface area contributed by atoms with E-state index in [4.69, 9.17) is 9.47 Å². The first-order valence-corrected chi connectivity index (χ1v) is 14.1. The average molecular weight is 543 g/mol. The van der Waals surface area contributed by atoms with E-state index in [1.54, 1.807) is 30.3 Å². The van der Waals surface area contributed by atoms with Gasteiger partial charge in [0.1, 0.15) is 12.4 Å². The zero-order chi connectivity index (χ0) is 28.2. The summed E-state index contributed by atoms with van der Waals surface area (Å²) in [6.07, 6.45) is 9.39. The number of nitrogens with zero attached hydrogens (tertiary/aromatic N) is 1. The Kier molecular flexibility index (Phi) is 10.6. The van der Waals surface area contributed by atoms with Gasteiger partial charge in [0.25, 0.3) is 0 Å². The third-order valence-electron chi connectivity index (χ3n) is 6.89.